The number of carbonyl (C=O) groups is 4. The number of anilines is 2. The van der Waals surface area contributed by atoms with Crippen molar-refractivity contribution in [1.82, 2.24) is 9.97 Å². The zero-order chi connectivity index (χ0) is 28.3. The van der Waals surface area contributed by atoms with E-state index in [-0.39, 0.29) is 71.0 Å². The molecule has 206 valence electrons. The number of imide groups is 2. The lowest BCUT2D eigenvalue weighted by Gasteiger charge is -2.18. The summed E-state index contributed by atoms with van der Waals surface area (Å²) in [7, 11) is 0. The van der Waals surface area contributed by atoms with Gasteiger partial charge in [0.25, 0.3) is 0 Å². The molecule has 4 bridgehead atoms. The van der Waals surface area contributed by atoms with Gasteiger partial charge >= 0.3 is 0 Å². The summed E-state index contributed by atoms with van der Waals surface area (Å²) >= 11 is 0. The number of allylic oxidation sites excluding steroid dienone is 4. The third-order valence-corrected chi connectivity index (χ3v) is 10.4. The molecule has 0 spiro atoms. The first-order chi connectivity index (χ1) is 20.5. The van der Waals surface area contributed by atoms with E-state index in [9.17, 15) is 19.2 Å². The van der Waals surface area contributed by atoms with Gasteiger partial charge in [-0.3, -0.25) is 29.0 Å². The van der Waals surface area contributed by atoms with Gasteiger partial charge in [-0.05, 0) is 79.0 Å². The molecule has 2 aliphatic heterocycles. The van der Waals surface area contributed by atoms with Crippen molar-refractivity contribution in [2.75, 3.05) is 9.80 Å². The van der Waals surface area contributed by atoms with E-state index >= 15 is 0 Å². The van der Waals surface area contributed by atoms with Gasteiger partial charge in [-0.25, -0.2) is 9.97 Å². The Kier molecular flexibility index (Phi) is 4.79. The van der Waals surface area contributed by atoms with E-state index in [1.807, 2.05) is 30.3 Å². The lowest BCUT2D eigenvalue weighted by Crippen LogP contribution is -2.32. The van der Waals surface area contributed by atoms with E-state index in [0.29, 0.717) is 22.9 Å². The molecule has 42 heavy (non-hydrogen) atoms. The average Bonchev–Trinajstić information content (AvgIpc) is 3.87. The maximum atomic E-state index is 13.2. The van der Waals surface area contributed by atoms with Crippen LogP contribution in [0.2, 0.25) is 0 Å². The van der Waals surface area contributed by atoms with Gasteiger partial charge < -0.3 is 0 Å². The van der Waals surface area contributed by atoms with E-state index in [1.54, 1.807) is 30.5 Å². The Bertz CT molecular complexity index is 1590. The normalized spacial score (nSPS) is 33.4. The van der Waals surface area contributed by atoms with Crippen molar-refractivity contribution in [2.45, 2.75) is 12.8 Å². The molecule has 8 heteroatoms. The second kappa shape index (κ2) is 8.41. The molecule has 9 rings (SSSR count). The van der Waals surface area contributed by atoms with Crippen molar-refractivity contribution in [3.8, 4) is 22.6 Å². The molecule has 4 amide bonds. The van der Waals surface area contributed by atoms with Gasteiger partial charge in [0.15, 0.2) is 5.82 Å². The highest BCUT2D eigenvalue weighted by Crippen LogP contribution is 2.54. The molecule has 8 nitrogen and oxygen atoms in total. The van der Waals surface area contributed by atoms with Crippen molar-refractivity contribution >= 4 is 35.0 Å². The molecule has 2 saturated heterocycles. The topological polar surface area (TPSA) is 101 Å². The number of carbonyl (C=O) groups excluding carboxylic acids is 4. The van der Waals surface area contributed by atoms with Gasteiger partial charge in [0.2, 0.25) is 23.6 Å². The summed E-state index contributed by atoms with van der Waals surface area (Å²) in [5.74, 6) is -0.0616. The molecule has 4 aliphatic carbocycles. The predicted molar refractivity (Wildman–Crippen MR) is 153 cm³/mol. The number of nitrogens with zero attached hydrogens (tertiary/aromatic N) is 4. The smallest absolute Gasteiger partial charge is 0.238 e. The first-order valence-electron chi connectivity index (χ1n) is 14.6. The fourth-order valence-corrected chi connectivity index (χ4v) is 8.51. The number of amides is 4. The minimum atomic E-state index is -0.230. The van der Waals surface area contributed by atoms with Crippen molar-refractivity contribution < 1.29 is 19.2 Å². The fourth-order valence-electron chi connectivity index (χ4n) is 8.51. The second-order valence-electron chi connectivity index (χ2n) is 12.4. The summed E-state index contributed by atoms with van der Waals surface area (Å²) in [4.78, 5) is 64.6. The monoisotopic (exact) mass is 554 g/mol. The minimum absolute atomic E-state index is 0.0908. The molecule has 1 aromatic heterocycles. The molecule has 2 saturated carbocycles. The van der Waals surface area contributed by atoms with Gasteiger partial charge in [-0.15, -0.1) is 0 Å². The standard InChI is InChI=1S/C34H26N4O4/c39-31-26-19-1-2-20(15-19)27(26)32(40)37(31)23-9-5-17(6-10-23)25-13-14-35-30(36-25)18-7-11-24(12-8-18)38-33(41)28-21-3-4-22(16-21)29(28)34(38)42/h1-14,19-22,26-29H,15-16H2/t19-,20-,21-,22-,26-,27+,28-,29+/m0/s1. The van der Waals surface area contributed by atoms with Crippen molar-refractivity contribution in [2.24, 2.45) is 47.3 Å². The van der Waals surface area contributed by atoms with Crippen LogP contribution in [0, 0.1) is 47.3 Å². The zero-order valence-electron chi connectivity index (χ0n) is 22.5. The Hall–Kier alpha value is -4.72. The van der Waals surface area contributed by atoms with Crippen molar-refractivity contribution in [1.29, 1.82) is 0 Å². The summed E-state index contributed by atoms with van der Waals surface area (Å²) in [6.07, 6.45) is 11.9. The van der Waals surface area contributed by atoms with Crippen molar-refractivity contribution in [3.05, 3.63) is 85.1 Å². The lowest BCUT2D eigenvalue weighted by atomic mass is 9.85. The SMILES string of the molecule is O=C1[C@@H]2[C@H](C(=O)N1c1ccc(-c3ccnc(-c4ccc(N5C(=O)[C@@H]6[C@H](C5=O)[C@H]5C=C[C@H]6C5)cc4)n3)cc1)[C@H]1C=C[C@H]2C1. The minimum Gasteiger partial charge on any atom is -0.274 e. The van der Waals surface area contributed by atoms with Gasteiger partial charge in [0.1, 0.15) is 0 Å². The first-order valence-corrected chi connectivity index (χ1v) is 14.6. The second-order valence-corrected chi connectivity index (χ2v) is 12.4. The number of hydrogen-bond donors (Lipinski definition) is 0. The van der Waals surface area contributed by atoms with Crippen LogP contribution in [0.1, 0.15) is 12.8 Å². The average molecular weight is 555 g/mol. The lowest BCUT2D eigenvalue weighted by molar-refractivity contribution is -0.124. The van der Waals surface area contributed by atoms with Crippen LogP contribution in [-0.4, -0.2) is 33.6 Å². The molecule has 0 unspecified atom stereocenters. The van der Waals surface area contributed by atoms with Gasteiger partial charge in [0.05, 0.1) is 40.7 Å². The first kappa shape index (κ1) is 23.9. The summed E-state index contributed by atoms with van der Waals surface area (Å²) in [5, 5.41) is 0. The van der Waals surface area contributed by atoms with E-state index in [4.69, 9.17) is 4.98 Å². The van der Waals surface area contributed by atoms with E-state index in [0.717, 1.165) is 24.0 Å². The Morgan fingerprint density at radius 3 is 1.36 bits per heavy atom. The third-order valence-electron chi connectivity index (χ3n) is 10.4. The van der Waals surface area contributed by atoms with Gasteiger partial charge in [-0.2, -0.15) is 0 Å². The number of rotatable bonds is 4. The van der Waals surface area contributed by atoms with Gasteiger partial charge in [-0.1, -0.05) is 36.4 Å². The molecule has 8 atom stereocenters. The molecular formula is C34H26N4O4. The highest BCUT2D eigenvalue weighted by Gasteiger charge is 2.60. The van der Waals surface area contributed by atoms with Crippen LogP contribution in [-0.2, 0) is 19.2 Å². The number of hydrogen-bond acceptors (Lipinski definition) is 6. The highest BCUT2D eigenvalue weighted by atomic mass is 16.2. The summed E-state index contributed by atoms with van der Waals surface area (Å²) in [6, 6.07) is 16.4. The van der Waals surface area contributed by atoms with Crippen LogP contribution in [0.15, 0.2) is 85.1 Å². The number of benzene rings is 2. The van der Waals surface area contributed by atoms with Crippen molar-refractivity contribution in [3.63, 3.8) is 0 Å². The Morgan fingerprint density at radius 1 is 0.524 bits per heavy atom. The molecule has 3 aromatic rings. The molecule has 0 N–H and O–H groups in total. The van der Waals surface area contributed by atoms with Crippen LogP contribution in [0.25, 0.3) is 22.6 Å². The molecule has 6 aliphatic rings. The molecular weight excluding hydrogens is 528 g/mol. The quantitative estimate of drug-likeness (QED) is 0.349. The van der Waals surface area contributed by atoms with E-state index < -0.39 is 0 Å². The van der Waals surface area contributed by atoms with Crippen LogP contribution in [0.3, 0.4) is 0 Å². The Labute approximate surface area is 241 Å². The number of fused-ring (bicyclic) bond motifs is 10. The summed E-state index contributed by atoms with van der Waals surface area (Å²) in [6.45, 7) is 0. The predicted octanol–water partition coefficient (Wildman–Crippen LogP) is 4.43. The fraction of sp³-hybridized carbons (Fsp3) is 0.294. The highest BCUT2D eigenvalue weighted by molar-refractivity contribution is 6.23. The maximum absolute atomic E-state index is 13.2. The summed E-state index contributed by atoms with van der Waals surface area (Å²) in [5.41, 5.74) is 3.47. The van der Waals surface area contributed by atoms with Crippen LogP contribution in [0.5, 0.6) is 0 Å². The van der Waals surface area contributed by atoms with E-state index in [2.05, 4.69) is 29.3 Å². The summed E-state index contributed by atoms with van der Waals surface area (Å²) < 4.78 is 0. The molecule has 3 heterocycles. The molecule has 0 radical (unpaired) electrons. The van der Waals surface area contributed by atoms with Crippen LogP contribution >= 0.6 is 0 Å². The van der Waals surface area contributed by atoms with Crippen LogP contribution < -0.4 is 9.80 Å². The zero-order valence-corrected chi connectivity index (χ0v) is 22.5. The third kappa shape index (κ3) is 3.12. The Morgan fingerprint density at radius 2 is 0.929 bits per heavy atom. The number of aromatic nitrogens is 2. The van der Waals surface area contributed by atoms with Gasteiger partial charge in [0, 0.05) is 17.3 Å². The maximum Gasteiger partial charge on any atom is 0.238 e. The molecule has 2 aromatic carbocycles. The van der Waals surface area contributed by atoms with Crippen LogP contribution in [0.4, 0.5) is 11.4 Å². The largest absolute Gasteiger partial charge is 0.274 e. The van der Waals surface area contributed by atoms with E-state index in [1.165, 1.54) is 9.80 Å². The Balaban J connectivity index is 0.948. The molecule has 4 fully saturated rings.